The van der Waals surface area contributed by atoms with Crippen molar-refractivity contribution in [2.75, 3.05) is 35.3 Å². The highest BCUT2D eigenvalue weighted by Gasteiger charge is 2.41. The normalized spacial score (nSPS) is 13.5. The topological polar surface area (TPSA) is 61.9 Å². The summed E-state index contributed by atoms with van der Waals surface area (Å²) in [6, 6.07) is 20.1. The molecule has 1 heterocycles. The number of imide groups is 1. The highest BCUT2D eigenvalue weighted by Crippen LogP contribution is 2.37. The Bertz CT molecular complexity index is 1250. The fourth-order valence-corrected chi connectivity index (χ4v) is 4.09. The van der Waals surface area contributed by atoms with Gasteiger partial charge in [0.05, 0.1) is 18.4 Å². The van der Waals surface area contributed by atoms with Crippen LogP contribution in [0, 0.1) is 5.82 Å². The minimum absolute atomic E-state index is 0.106. The first-order chi connectivity index (χ1) is 16.5. The highest BCUT2D eigenvalue weighted by molar-refractivity contribution is 6.46. The molecule has 34 heavy (non-hydrogen) atoms. The minimum atomic E-state index is -0.565. The van der Waals surface area contributed by atoms with Crippen LogP contribution in [-0.4, -0.2) is 32.0 Å². The number of methoxy groups -OCH3 is 1. The van der Waals surface area contributed by atoms with E-state index in [0.717, 1.165) is 29.7 Å². The lowest BCUT2D eigenvalue weighted by molar-refractivity contribution is -0.120. The second-order valence-electron chi connectivity index (χ2n) is 7.72. The van der Waals surface area contributed by atoms with Crippen LogP contribution in [-0.2, 0) is 9.59 Å². The fraction of sp³-hybridized carbons (Fsp3) is 0.185. The van der Waals surface area contributed by atoms with Crippen LogP contribution in [0.3, 0.4) is 0 Å². The maximum Gasteiger partial charge on any atom is 0.282 e. The van der Waals surface area contributed by atoms with Crippen LogP contribution in [0.25, 0.3) is 5.57 Å². The van der Waals surface area contributed by atoms with Gasteiger partial charge in [0, 0.05) is 30.0 Å². The molecule has 3 aromatic carbocycles. The second-order valence-corrected chi connectivity index (χ2v) is 7.72. The van der Waals surface area contributed by atoms with E-state index in [0.29, 0.717) is 17.0 Å². The minimum Gasteiger partial charge on any atom is -0.496 e. The molecule has 4 rings (SSSR count). The molecule has 2 amide bonds. The number of nitrogens with zero attached hydrogens (tertiary/aromatic N) is 2. The van der Waals surface area contributed by atoms with Gasteiger partial charge in [-0.3, -0.25) is 9.59 Å². The van der Waals surface area contributed by atoms with Crippen molar-refractivity contribution in [3.63, 3.8) is 0 Å². The number of para-hydroxylation sites is 1. The van der Waals surface area contributed by atoms with E-state index in [1.807, 2.05) is 24.3 Å². The van der Waals surface area contributed by atoms with Gasteiger partial charge in [-0.2, -0.15) is 0 Å². The van der Waals surface area contributed by atoms with Crippen molar-refractivity contribution in [1.82, 2.24) is 0 Å². The molecule has 0 unspecified atom stereocenters. The zero-order valence-electron chi connectivity index (χ0n) is 19.3. The summed E-state index contributed by atoms with van der Waals surface area (Å²) in [6.07, 6.45) is 0. The number of rotatable bonds is 8. The first-order valence-corrected chi connectivity index (χ1v) is 11.1. The molecule has 0 bridgehead atoms. The first-order valence-electron chi connectivity index (χ1n) is 11.1. The lowest BCUT2D eigenvalue weighted by Crippen LogP contribution is -2.32. The number of hydrogen-bond donors (Lipinski definition) is 1. The molecule has 0 aromatic heterocycles. The Labute approximate surface area is 198 Å². The maximum absolute atomic E-state index is 13.9. The van der Waals surface area contributed by atoms with Gasteiger partial charge >= 0.3 is 0 Å². The molecule has 0 atom stereocenters. The lowest BCUT2D eigenvalue weighted by atomic mass is 10.0. The third-order valence-corrected chi connectivity index (χ3v) is 5.79. The van der Waals surface area contributed by atoms with E-state index in [-0.39, 0.29) is 17.0 Å². The Morgan fingerprint density at radius 2 is 1.62 bits per heavy atom. The standard InChI is InChI=1S/C27H26FN3O3/c1-4-30(5-2)20-15-13-19(14-16-20)29-25-24(22-11-6-7-12-23(22)34-3)26(32)31(27(25)33)21-10-8-9-18(28)17-21/h6-17,29H,4-5H2,1-3H3. The van der Waals surface area contributed by atoms with E-state index in [2.05, 4.69) is 24.1 Å². The van der Waals surface area contributed by atoms with Gasteiger partial charge < -0.3 is 15.0 Å². The lowest BCUT2D eigenvalue weighted by Gasteiger charge is -2.21. The van der Waals surface area contributed by atoms with Crippen molar-refractivity contribution in [1.29, 1.82) is 0 Å². The summed E-state index contributed by atoms with van der Waals surface area (Å²) in [7, 11) is 1.50. The fourth-order valence-electron chi connectivity index (χ4n) is 4.09. The molecule has 1 aliphatic rings. The predicted octanol–water partition coefficient (Wildman–Crippen LogP) is 5.08. The van der Waals surface area contributed by atoms with Gasteiger partial charge in [0.25, 0.3) is 11.8 Å². The van der Waals surface area contributed by atoms with Crippen molar-refractivity contribution in [3.8, 4) is 5.75 Å². The van der Waals surface area contributed by atoms with Gasteiger partial charge in [-0.15, -0.1) is 0 Å². The second kappa shape index (κ2) is 9.79. The van der Waals surface area contributed by atoms with Crippen molar-refractivity contribution in [3.05, 3.63) is 89.9 Å². The van der Waals surface area contributed by atoms with Crippen molar-refractivity contribution >= 4 is 34.4 Å². The summed E-state index contributed by atoms with van der Waals surface area (Å²) in [5, 5.41) is 3.14. The maximum atomic E-state index is 13.9. The molecule has 0 saturated carbocycles. The van der Waals surface area contributed by atoms with E-state index < -0.39 is 17.6 Å². The van der Waals surface area contributed by atoms with Crippen LogP contribution < -0.4 is 19.9 Å². The average Bonchev–Trinajstić information content (AvgIpc) is 3.09. The number of carbonyl (C=O) groups excluding carboxylic acids is 2. The van der Waals surface area contributed by atoms with E-state index >= 15 is 0 Å². The van der Waals surface area contributed by atoms with E-state index in [1.165, 1.54) is 25.3 Å². The number of ether oxygens (including phenoxy) is 1. The number of nitrogens with one attached hydrogen (secondary N) is 1. The zero-order chi connectivity index (χ0) is 24.2. The molecule has 6 nitrogen and oxygen atoms in total. The summed E-state index contributed by atoms with van der Waals surface area (Å²) >= 11 is 0. The quantitative estimate of drug-likeness (QED) is 0.476. The third-order valence-electron chi connectivity index (χ3n) is 5.79. The number of hydrogen-bond acceptors (Lipinski definition) is 5. The van der Waals surface area contributed by atoms with Crippen molar-refractivity contribution < 1.29 is 18.7 Å². The van der Waals surface area contributed by atoms with E-state index in [9.17, 15) is 14.0 Å². The average molecular weight is 460 g/mol. The zero-order valence-corrected chi connectivity index (χ0v) is 19.3. The van der Waals surface area contributed by atoms with Gasteiger partial charge in [0.15, 0.2) is 0 Å². The largest absolute Gasteiger partial charge is 0.496 e. The van der Waals surface area contributed by atoms with Crippen LogP contribution in [0.4, 0.5) is 21.5 Å². The Morgan fingerprint density at radius 1 is 0.912 bits per heavy atom. The van der Waals surface area contributed by atoms with Crippen LogP contribution in [0.5, 0.6) is 5.75 Å². The highest BCUT2D eigenvalue weighted by atomic mass is 19.1. The van der Waals surface area contributed by atoms with Crippen LogP contribution in [0.15, 0.2) is 78.5 Å². The number of anilines is 3. The molecule has 174 valence electrons. The molecular weight excluding hydrogens is 433 g/mol. The van der Waals surface area contributed by atoms with Crippen LogP contribution in [0.1, 0.15) is 19.4 Å². The molecule has 0 radical (unpaired) electrons. The van der Waals surface area contributed by atoms with Crippen molar-refractivity contribution in [2.24, 2.45) is 0 Å². The summed E-state index contributed by atoms with van der Waals surface area (Å²) in [6.45, 7) is 5.93. The Hall–Kier alpha value is -4.13. The number of halogens is 1. The Balaban J connectivity index is 1.79. The predicted molar refractivity (Wildman–Crippen MR) is 132 cm³/mol. The number of benzene rings is 3. The molecule has 1 N–H and O–H groups in total. The summed E-state index contributed by atoms with van der Waals surface area (Å²) in [4.78, 5) is 30.2. The Kier molecular flexibility index (Phi) is 6.63. The van der Waals surface area contributed by atoms with Gasteiger partial charge in [-0.1, -0.05) is 24.3 Å². The molecular formula is C27H26FN3O3. The third kappa shape index (κ3) is 4.24. The molecule has 0 saturated heterocycles. The summed E-state index contributed by atoms with van der Waals surface area (Å²) < 4.78 is 19.4. The Morgan fingerprint density at radius 3 is 2.26 bits per heavy atom. The first kappa shape index (κ1) is 23.0. The molecule has 1 aliphatic heterocycles. The van der Waals surface area contributed by atoms with Crippen LogP contribution >= 0.6 is 0 Å². The molecule has 0 aliphatic carbocycles. The van der Waals surface area contributed by atoms with E-state index in [4.69, 9.17) is 4.74 Å². The van der Waals surface area contributed by atoms with Gasteiger partial charge in [-0.25, -0.2) is 9.29 Å². The smallest absolute Gasteiger partial charge is 0.282 e. The molecule has 0 fully saturated rings. The number of carbonyl (C=O) groups is 2. The SMILES string of the molecule is CCN(CC)c1ccc(NC2=C(c3ccccc3OC)C(=O)N(c3cccc(F)c3)C2=O)cc1. The monoisotopic (exact) mass is 459 g/mol. The molecule has 0 spiro atoms. The van der Waals surface area contributed by atoms with Gasteiger partial charge in [0.2, 0.25) is 0 Å². The summed E-state index contributed by atoms with van der Waals surface area (Å²) in [5.41, 5.74) is 2.62. The van der Waals surface area contributed by atoms with Gasteiger partial charge in [0.1, 0.15) is 17.3 Å². The molecule has 3 aromatic rings. The summed E-state index contributed by atoms with van der Waals surface area (Å²) in [5.74, 6) is -1.20. The van der Waals surface area contributed by atoms with E-state index in [1.54, 1.807) is 24.3 Å². The van der Waals surface area contributed by atoms with Gasteiger partial charge in [-0.05, 0) is 62.4 Å². The van der Waals surface area contributed by atoms with Crippen LogP contribution in [0.2, 0.25) is 0 Å². The van der Waals surface area contributed by atoms with Crippen molar-refractivity contribution in [2.45, 2.75) is 13.8 Å². The number of amides is 2. The molecule has 7 heteroatoms.